The molecule has 1 rings (SSSR count). The molecular formula is C10H20N2. The smallest absolute Gasteiger partial charge is 0.0139 e. The van der Waals surface area contributed by atoms with Gasteiger partial charge in [0, 0.05) is 12.6 Å². The molecule has 0 bridgehead atoms. The Hall–Kier alpha value is -0.340. The van der Waals surface area contributed by atoms with Crippen molar-refractivity contribution < 1.29 is 0 Å². The zero-order chi connectivity index (χ0) is 8.81. The van der Waals surface area contributed by atoms with Crippen LogP contribution in [-0.4, -0.2) is 25.7 Å². The van der Waals surface area contributed by atoms with E-state index in [-0.39, 0.29) is 0 Å². The van der Waals surface area contributed by atoms with Crippen molar-refractivity contribution in [2.24, 2.45) is 0 Å². The molecule has 1 aliphatic rings. The minimum absolute atomic E-state index is 0.738. The van der Waals surface area contributed by atoms with E-state index < -0.39 is 0 Å². The molecule has 0 aromatic heterocycles. The fraction of sp³-hybridized carbons (Fsp3) is 0.800. The van der Waals surface area contributed by atoms with Crippen molar-refractivity contribution in [3.63, 3.8) is 0 Å². The van der Waals surface area contributed by atoms with Crippen molar-refractivity contribution >= 4 is 0 Å². The van der Waals surface area contributed by atoms with Gasteiger partial charge in [0.25, 0.3) is 0 Å². The van der Waals surface area contributed by atoms with Crippen LogP contribution < -0.4 is 10.6 Å². The summed E-state index contributed by atoms with van der Waals surface area (Å²) in [5.41, 5.74) is 1.40. The third-order valence-corrected chi connectivity index (χ3v) is 2.26. The Bertz CT molecular complexity index is 142. The van der Waals surface area contributed by atoms with Crippen molar-refractivity contribution in [1.82, 2.24) is 10.6 Å². The van der Waals surface area contributed by atoms with E-state index in [1.807, 2.05) is 0 Å². The molecule has 0 atom stereocenters. The van der Waals surface area contributed by atoms with Crippen molar-refractivity contribution in [3.05, 3.63) is 11.6 Å². The molecule has 0 unspecified atom stereocenters. The highest BCUT2D eigenvalue weighted by molar-refractivity contribution is 4.95. The van der Waals surface area contributed by atoms with Crippen LogP contribution in [0, 0.1) is 0 Å². The molecule has 0 radical (unpaired) electrons. The van der Waals surface area contributed by atoms with Gasteiger partial charge in [-0.2, -0.15) is 0 Å². The molecule has 1 heterocycles. The van der Waals surface area contributed by atoms with Crippen molar-refractivity contribution in [2.45, 2.75) is 32.7 Å². The van der Waals surface area contributed by atoms with Crippen molar-refractivity contribution in [1.29, 1.82) is 0 Å². The van der Waals surface area contributed by atoms with Crippen LogP contribution >= 0.6 is 0 Å². The molecule has 70 valence electrons. The second kappa shape index (κ2) is 5.33. The lowest BCUT2D eigenvalue weighted by molar-refractivity contribution is 0.399. The molecule has 1 aliphatic heterocycles. The van der Waals surface area contributed by atoms with E-state index in [2.05, 4.69) is 30.6 Å². The van der Waals surface area contributed by atoms with E-state index >= 15 is 0 Å². The summed E-state index contributed by atoms with van der Waals surface area (Å²) in [6.07, 6.45) is 4.80. The van der Waals surface area contributed by atoms with E-state index in [1.54, 1.807) is 0 Å². The highest BCUT2D eigenvalue weighted by Gasteiger charge is 2.10. The molecule has 1 fully saturated rings. The largest absolute Gasteiger partial charge is 0.317 e. The number of allylic oxidation sites excluding steroid dienone is 1. The van der Waals surface area contributed by atoms with Crippen molar-refractivity contribution in [3.8, 4) is 0 Å². The predicted molar refractivity (Wildman–Crippen MR) is 53.3 cm³/mol. The van der Waals surface area contributed by atoms with E-state index in [0.29, 0.717) is 0 Å². The van der Waals surface area contributed by atoms with Gasteiger partial charge in [-0.15, -0.1) is 0 Å². The summed E-state index contributed by atoms with van der Waals surface area (Å²) in [7, 11) is 0. The third kappa shape index (κ3) is 3.88. The molecule has 1 saturated heterocycles. The van der Waals surface area contributed by atoms with Crippen LogP contribution in [0.3, 0.4) is 0 Å². The summed E-state index contributed by atoms with van der Waals surface area (Å²) in [4.78, 5) is 0. The molecule has 0 aromatic rings. The quantitative estimate of drug-likeness (QED) is 0.621. The molecule has 0 saturated carbocycles. The molecule has 0 aliphatic carbocycles. The molecule has 0 aromatic carbocycles. The van der Waals surface area contributed by atoms with Crippen molar-refractivity contribution in [2.75, 3.05) is 19.6 Å². The normalized spacial score (nSPS) is 19.2. The van der Waals surface area contributed by atoms with Crippen LogP contribution in [0.5, 0.6) is 0 Å². The number of hydrogen-bond donors (Lipinski definition) is 2. The van der Waals surface area contributed by atoms with Crippen LogP contribution in [0.25, 0.3) is 0 Å². The lowest BCUT2D eigenvalue weighted by Gasteiger charge is -2.23. The topological polar surface area (TPSA) is 24.1 Å². The SMILES string of the molecule is CC(C)=CCNC1CCNCC1. The minimum Gasteiger partial charge on any atom is -0.317 e. The summed E-state index contributed by atoms with van der Waals surface area (Å²) < 4.78 is 0. The highest BCUT2D eigenvalue weighted by atomic mass is 15.0. The zero-order valence-corrected chi connectivity index (χ0v) is 8.19. The maximum atomic E-state index is 3.54. The van der Waals surface area contributed by atoms with E-state index in [9.17, 15) is 0 Å². The number of piperidine rings is 1. The first-order valence-electron chi connectivity index (χ1n) is 4.86. The first-order valence-corrected chi connectivity index (χ1v) is 4.86. The Morgan fingerprint density at radius 1 is 1.42 bits per heavy atom. The van der Waals surface area contributed by atoms with Gasteiger partial charge in [0.2, 0.25) is 0 Å². The Balaban J connectivity index is 2.09. The minimum atomic E-state index is 0.738. The van der Waals surface area contributed by atoms with E-state index in [4.69, 9.17) is 0 Å². The Morgan fingerprint density at radius 3 is 2.67 bits per heavy atom. The fourth-order valence-corrected chi connectivity index (χ4v) is 1.46. The van der Waals surface area contributed by atoms with Gasteiger partial charge in [-0.3, -0.25) is 0 Å². The standard InChI is InChI=1S/C10H20N2/c1-9(2)3-8-12-10-4-6-11-7-5-10/h3,10-12H,4-8H2,1-2H3. The van der Waals surface area contributed by atoms with Crippen LogP contribution in [0.2, 0.25) is 0 Å². The summed E-state index contributed by atoms with van der Waals surface area (Å²) in [6.45, 7) is 7.67. The first kappa shape index (κ1) is 9.75. The molecule has 0 amide bonds. The Morgan fingerprint density at radius 2 is 2.08 bits per heavy atom. The zero-order valence-electron chi connectivity index (χ0n) is 8.19. The highest BCUT2D eigenvalue weighted by Crippen LogP contribution is 2.01. The number of hydrogen-bond acceptors (Lipinski definition) is 2. The summed E-state index contributed by atoms with van der Waals surface area (Å²) in [5, 5.41) is 6.90. The fourth-order valence-electron chi connectivity index (χ4n) is 1.46. The molecule has 0 spiro atoms. The lowest BCUT2D eigenvalue weighted by Crippen LogP contribution is -2.39. The lowest BCUT2D eigenvalue weighted by atomic mass is 10.1. The summed E-state index contributed by atoms with van der Waals surface area (Å²) >= 11 is 0. The second-order valence-electron chi connectivity index (χ2n) is 3.71. The molecule has 2 heteroatoms. The molecular weight excluding hydrogens is 148 g/mol. The molecule has 12 heavy (non-hydrogen) atoms. The van der Waals surface area contributed by atoms with Gasteiger partial charge >= 0.3 is 0 Å². The molecule has 2 N–H and O–H groups in total. The van der Waals surface area contributed by atoms with Crippen LogP contribution in [0.4, 0.5) is 0 Å². The van der Waals surface area contributed by atoms with E-state index in [0.717, 1.165) is 12.6 Å². The van der Waals surface area contributed by atoms with Gasteiger partial charge in [0.1, 0.15) is 0 Å². The number of nitrogens with one attached hydrogen (secondary N) is 2. The van der Waals surface area contributed by atoms with Gasteiger partial charge < -0.3 is 10.6 Å². The van der Waals surface area contributed by atoms with Gasteiger partial charge in [-0.25, -0.2) is 0 Å². The number of rotatable bonds is 3. The van der Waals surface area contributed by atoms with E-state index in [1.165, 1.54) is 31.5 Å². The Labute approximate surface area is 75.4 Å². The first-order chi connectivity index (χ1) is 5.79. The molecule has 2 nitrogen and oxygen atoms in total. The maximum absolute atomic E-state index is 3.54. The van der Waals surface area contributed by atoms with Crippen LogP contribution in [0.15, 0.2) is 11.6 Å². The second-order valence-corrected chi connectivity index (χ2v) is 3.71. The average molecular weight is 168 g/mol. The van der Waals surface area contributed by atoms with Crippen LogP contribution in [0.1, 0.15) is 26.7 Å². The third-order valence-electron chi connectivity index (χ3n) is 2.26. The summed E-state index contributed by atoms with van der Waals surface area (Å²) in [5.74, 6) is 0. The summed E-state index contributed by atoms with van der Waals surface area (Å²) in [6, 6.07) is 0.738. The van der Waals surface area contributed by atoms with Gasteiger partial charge in [-0.1, -0.05) is 11.6 Å². The average Bonchev–Trinajstić information content (AvgIpc) is 2.05. The van der Waals surface area contributed by atoms with Gasteiger partial charge in [-0.05, 0) is 39.8 Å². The maximum Gasteiger partial charge on any atom is 0.0139 e. The van der Waals surface area contributed by atoms with Gasteiger partial charge in [0.05, 0.1) is 0 Å². The Kier molecular flexibility index (Phi) is 4.33. The van der Waals surface area contributed by atoms with Crippen LogP contribution in [-0.2, 0) is 0 Å². The monoisotopic (exact) mass is 168 g/mol. The predicted octanol–water partition coefficient (Wildman–Crippen LogP) is 1.29. The van der Waals surface area contributed by atoms with Gasteiger partial charge in [0.15, 0.2) is 0 Å².